The van der Waals surface area contributed by atoms with Crippen LogP contribution < -0.4 is 5.32 Å². The van der Waals surface area contributed by atoms with Gasteiger partial charge < -0.3 is 5.32 Å². The quantitative estimate of drug-likeness (QED) is 0.768. The zero-order valence-electron chi connectivity index (χ0n) is 8.97. The van der Waals surface area contributed by atoms with Crippen molar-refractivity contribution < 1.29 is 0 Å². The van der Waals surface area contributed by atoms with E-state index >= 15 is 0 Å². The van der Waals surface area contributed by atoms with Crippen molar-refractivity contribution in [3.05, 3.63) is 50.0 Å². The lowest BCUT2D eigenvalue weighted by Crippen LogP contribution is -1.94. The molecule has 0 bridgehead atoms. The molecule has 2 nitrogen and oxygen atoms in total. The summed E-state index contributed by atoms with van der Waals surface area (Å²) in [6.45, 7) is 2.05. The van der Waals surface area contributed by atoms with Crippen LogP contribution in [0.15, 0.2) is 39.4 Å². The summed E-state index contributed by atoms with van der Waals surface area (Å²) in [6, 6.07) is 7.86. The van der Waals surface area contributed by atoms with E-state index in [0.717, 1.165) is 20.5 Å². The van der Waals surface area contributed by atoms with Crippen LogP contribution in [0.4, 0.5) is 11.5 Å². The van der Waals surface area contributed by atoms with E-state index in [9.17, 15) is 0 Å². The summed E-state index contributed by atoms with van der Waals surface area (Å²) in [5.74, 6) is 0.741. The number of pyridine rings is 1. The third-order valence-corrected chi connectivity index (χ3v) is 3.91. The molecule has 88 valence electrons. The van der Waals surface area contributed by atoms with Gasteiger partial charge in [0, 0.05) is 16.4 Å². The molecule has 2 aromatic rings. The van der Waals surface area contributed by atoms with Crippen molar-refractivity contribution >= 4 is 55.0 Å². The number of rotatable bonds is 2. The number of halogens is 3. The molecule has 0 spiro atoms. The Bertz CT molecular complexity index is 558. The summed E-state index contributed by atoms with van der Waals surface area (Å²) in [4.78, 5) is 4.22. The Morgan fingerprint density at radius 1 is 1.18 bits per heavy atom. The van der Waals surface area contributed by atoms with Gasteiger partial charge in [0.05, 0.1) is 9.50 Å². The van der Waals surface area contributed by atoms with Crippen LogP contribution in [-0.2, 0) is 0 Å². The highest BCUT2D eigenvalue weighted by Crippen LogP contribution is 2.28. The van der Waals surface area contributed by atoms with Crippen LogP contribution in [0, 0.1) is 6.92 Å². The second kappa shape index (κ2) is 5.38. The van der Waals surface area contributed by atoms with E-state index in [1.54, 1.807) is 12.3 Å². The third kappa shape index (κ3) is 3.21. The SMILES string of the molecule is Cc1ccc(Nc2ncc(Cl)cc2Br)cc1Br. The predicted molar refractivity (Wildman–Crippen MR) is 79.1 cm³/mol. The molecule has 17 heavy (non-hydrogen) atoms. The molecule has 0 fully saturated rings. The third-order valence-electron chi connectivity index (χ3n) is 2.24. The summed E-state index contributed by atoms with van der Waals surface area (Å²) >= 11 is 12.8. The van der Waals surface area contributed by atoms with E-state index in [4.69, 9.17) is 11.6 Å². The van der Waals surface area contributed by atoms with E-state index in [-0.39, 0.29) is 0 Å². The molecule has 0 aliphatic carbocycles. The predicted octanol–water partition coefficient (Wildman–Crippen LogP) is 5.31. The van der Waals surface area contributed by atoms with Gasteiger partial charge in [-0.15, -0.1) is 0 Å². The molecule has 1 heterocycles. The minimum Gasteiger partial charge on any atom is -0.339 e. The van der Waals surface area contributed by atoms with Crippen molar-refractivity contribution in [1.29, 1.82) is 0 Å². The van der Waals surface area contributed by atoms with Crippen LogP contribution in [0.5, 0.6) is 0 Å². The minimum absolute atomic E-state index is 0.604. The molecule has 1 N–H and O–H groups in total. The fourth-order valence-corrected chi connectivity index (χ4v) is 2.43. The van der Waals surface area contributed by atoms with Crippen molar-refractivity contribution in [3.63, 3.8) is 0 Å². The maximum absolute atomic E-state index is 5.84. The summed E-state index contributed by atoms with van der Waals surface area (Å²) in [7, 11) is 0. The van der Waals surface area contributed by atoms with Gasteiger partial charge in [0.25, 0.3) is 0 Å². The first-order chi connectivity index (χ1) is 8.06. The first kappa shape index (κ1) is 12.9. The van der Waals surface area contributed by atoms with Crippen molar-refractivity contribution in [3.8, 4) is 0 Å². The van der Waals surface area contributed by atoms with E-state index in [1.807, 2.05) is 25.1 Å². The molecule has 1 aromatic carbocycles. The zero-order valence-corrected chi connectivity index (χ0v) is 12.9. The monoisotopic (exact) mass is 374 g/mol. The molecule has 0 amide bonds. The molecule has 0 saturated carbocycles. The van der Waals surface area contributed by atoms with Crippen molar-refractivity contribution in [1.82, 2.24) is 4.98 Å². The van der Waals surface area contributed by atoms with E-state index in [0.29, 0.717) is 5.02 Å². The Labute approximate surface area is 122 Å². The van der Waals surface area contributed by atoms with E-state index in [2.05, 4.69) is 42.2 Å². The van der Waals surface area contributed by atoms with Crippen LogP contribution >= 0.6 is 43.5 Å². The minimum atomic E-state index is 0.604. The van der Waals surface area contributed by atoms with Gasteiger partial charge in [-0.05, 0) is 46.6 Å². The first-order valence-electron chi connectivity index (χ1n) is 4.90. The lowest BCUT2D eigenvalue weighted by atomic mass is 10.2. The number of hydrogen-bond donors (Lipinski definition) is 1. The van der Waals surface area contributed by atoms with Crippen LogP contribution in [0.1, 0.15) is 5.56 Å². The van der Waals surface area contributed by atoms with Crippen LogP contribution in [0.3, 0.4) is 0 Å². The lowest BCUT2D eigenvalue weighted by molar-refractivity contribution is 1.29. The second-order valence-electron chi connectivity index (χ2n) is 3.57. The summed E-state index contributed by atoms with van der Waals surface area (Å²) in [6.07, 6.45) is 1.61. The molecule has 5 heteroatoms. The maximum Gasteiger partial charge on any atom is 0.144 e. The molecule has 2 rings (SSSR count). The normalized spacial score (nSPS) is 10.4. The smallest absolute Gasteiger partial charge is 0.144 e. The van der Waals surface area contributed by atoms with Crippen LogP contribution in [0.2, 0.25) is 5.02 Å². The molecule has 0 aliphatic heterocycles. The van der Waals surface area contributed by atoms with Gasteiger partial charge in [-0.2, -0.15) is 0 Å². The molecular formula is C12H9Br2ClN2. The van der Waals surface area contributed by atoms with Crippen LogP contribution in [-0.4, -0.2) is 4.98 Å². The van der Waals surface area contributed by atoms with Gasteiger partial charge in [0.15, 0.2) is 0 Å². The number of anilines is 2. The highest BCUT2D eigenvalue weighted by atomic mass is 79.9. The molecule has 1 aromatic heterocycles. The number of nitrogens with one attached hydrogen (secondary N) is 1. The number of aromatic nitrogens is 1. The van der Waals surface area contributed by atoms with Crippen LogP contribution in [0.25, 0.3) is 0 Å². The topological polar surface area (TPSA) is 24.9 Å². The zero-order chi connectivity index (χ0) is 12.4. The molecule has 0 atom stereocenters. The van der Waals surface area contributed by atoms with Gasteiger partial charge >= 0.3 is 0 Å². The Morgan fingerprint density at radius 2 is 1.94 bits per heavy atom. The molecule has 0 saturated heterocycles. The fourth-order valence-electron chi connectivity index (χ4n) is 1.31. The van der Waals surface area contributed by atoms with Gasteiger partial charge in [-0.3, -0.25) is 0 Å². The number of aryl methyl sites for hydroxylation is 1. The average molecular weight is 376 g/mol. The molecule has 0 unspecified atom stereocenters. The Kier molecular flexibility index (Phi) is 4.07. The first-order valence-corrected chi connectivity index (χ1v) is 6.87. The number of hydrogen-bond acceptors (Lipinski definition) is 2. The maximum atomic E-state index is 5.84. The summed E-state index contributed by atoms with van der Waals surface area (Å²) in [5, 5.41) is 3.83. The molecular weight excluding hydrogens is 367 g/mol. The Balaban J connectivity index is 2.28. The Hall–Kier alpha value is -0.580. The van der Waals surface area contributed by atoms with Crippen molar-refractivity contribution in [2.24, 2.45) is 0 Å². The summed E-state index contributed by atoms with van der Waals surface area (Å²) < 4.78 is 1.90. The van der Waals surface area contributed by atoms with Gasteiger partial charge in [0.2, 0.25) is 0 Å². The fraction of sp³-hybridized carbons (Fsp3) is 0.0833. The van der Waals surface area contributed by atoms with Crippen molar-refractivity contribution in [2.45, 2.75) is 6.92 Å². The van der Waals surface area contributed by atoms with Crippen molar-refractivity contribution in [2.75, 3.05) is 5.32 Å². The van der Waals surface area contributed by atoms with Gasteiger partial charge in [-0.25, -0.2) is 4.98 Å². The average Bonchev–Trinajstić information content (AvgIpc) is 2.27. The largest absolute Gasteiger partial charge is 0.339 e. The highest BCUT2D eigenvalue weighted by molar-refractivity contribution is 9.10. The van der Waals surface area contributed by atoms with E-state index in [1.165, 1.54) is 5.56 Å². The second-order valence-corrected chi connectivity index (χ2v) is 5.72. The van der Waals surface area contributed by atoms with Gasteiger partial charge in [0.1, 0.15) is 5.82 Å². The molecule has 0 aliphatic rings. The highest BCUT2D eigenvalue weighted by Gasteiger charge is 2.04. The number of nitrogens with zero attached hydrogens (tertiary/aromatic N) is 1. The Morgan fingerprint density at radius 3 is 2.59 bits per heavy atom. The standard InChI is InChI=1S/C12H9Br2ClN2/c1-7-2-3-9(5-10(7)13)17-12-11(14)4-8(15)6-16-12/h2-6H,1H3,(H,16,17). The van der Waals surface area contributed by atoms with E-state index < -0.39 is 0 Å². The van der Waals surface area contributed by atoms with Gasteiger partial charge in [-0.1, -0.05) is 33.6 Å². The number of benzene rings is 1. The molecule has 0 radical (unpaired) electrons. The lowest BCUT2D eigenvalue weighted by Gasteiger charge is -2.09. The summed E-state index contributed by atoms with van der Waals surface area (Å²) in [5.41, 5.74) is 2.16.